The number of nitrogens with two attached hydrogens (primary N) is 2. The third-order valence-corrected chi connectivity index (χ3v) is 3.81. The third-order valence-electron chi connectivity index (χ3n) is 3.81. The Kier molecular flexibility index (Phi) is 3.96. The van der Waals surface area contributed by atoms with E-state index in [2.05, 4.69) is 29.9 Å². The standard InChI is InChI=1S/C13H22N6/c1-3-9(2)19-12(16)11(7-14)13(17-19)18-6-4-5-10(15)8-18/h9-10H,3-6,8,15-16H2,1-2H3. The molecule has 0 aliphatic carbocycles. The van der Waals surface area contributed by atoms with Crippen molar-refractivity contribution in [1.29, 1.82) is 5.26 Å². The summed E-state index contributed by atoms with van der Waals surface area (Å²) in [5, 5.41) is 13.9. The molecule has 19 heavy (non-hydrogen) atoms. The van der Waals surface area contributed by atoms with Crippen molar-refractivity contribution in [1.82, 2.24) is 9.78 Å². The zero-order chi connectivity index (χ0) is 14.0. The average molecular weight is 262 g/mol. The van der Waals surface area contributed by atoms with Gasteiger partial charge in [0.25, 0.3) is 0 Å². The molecule has 1 aliphatic rings. The highest BCUT2D eigenvalue weighted by Gasteiger charge is 2.25. The molecular formula is C13H22N6. The highest BCUT2D eigenvalue weighted by Crippen LogP contribution is 2.29. The maximum Gasteiger partial charge on any atom is 0.170 e. The molecule has 1 fully saturated rings. The smallest absolute Gasteiger partial charge is 0.170 e. The van der Waals surface area contributed by atoms with E-state index in [4.69, 9.17) is 11.5 Å². The molecule has 0 radical (unpaired) electrons. The molecule has 0 spiro atoms. The Morgan fingerprint density at radius 1 is 1.58 bits per heavy atom. The van der Waals surface area contributed by atoms with Crippen LogP contribution in [0.25, 0.3) is 0 Å². The van der Waals surface area contributed by atoms with Gasteiger partial charge in [0.05, 0.1) is 6.04 Å². The van der Waals surface area contributed by atoms with Gasteiger partial charge in [-0.1, -0.05) is 6.92 Å². The van der Waals surface area contributed by atoms with Gasteiger partial charge in [0.2, 0.25) is 0 Å². The number of rotatable bonds is 3. The summed E-state index contributed by atoms with van der Waals surface area (Å²) in [4.78, 5) is 2.09. The summed E-state index contributed by atoms with van der Waals surface area (Å²) < 4.78 is 1.76. The van der Waals surface area contributed by atoms with E-state index in [0.717, 1.165) is 32.4 Å². The first-order valence-corrected chi connectivity index (χ1v) is 6.87. The second-order valence-corrected chi connectivity index (χ2v) is 5.25. The third kappa shape index (κ3) is 2.51. The predicted octanol–water partition coefficient (Wildman–Crippen LogP) is 1.24. The van der Waals surface area contributed by atoms with E-state index in [9.17, 15) is 5.26 Å². The lowest BCUT2D eigenvalue weighted by atomic mass is 10.1. The minimum atomic E-state index is 0.148. The van der Waals surface area contributed by atoms with Crippen molar-refractivity contribution in [2.45, 2.75) is 45.2 Å². The molecule has 2 atom stereocenters. The lowest BCUT2D eigenvalue weighted by Crippen LogP contribution is -2.43. The molecule has 1 aromatic heterocycles. The van der Waals surface area contributed by atoms with E-state index in [1.165, 1.54) is 0 Å². The Bertz CT molecular complexity index is 486. The molecule has 1 saturated heterocycles. The van der Waals surface area contributed by atoms with Crippen molar-refractivity contribution in [2.24, 2.45) is 5.73 Å². The van der Waals surface area contributed by atoms with Gasteiger partial charge in [0.1, 0.15) is 17.5 Å². The molecule has 2 rings (SSSR count). The van der Waals surface area contributed by atoms with Crippen LogP contribution in [0.1, 0.15) is 44.7 Å². The van der Waals surface area contributed by atoms with Crippen LogP contribution in [0.2, 0.25) is 0 Å². The minimum Gasteiger partial charge on any atom is -0.383 e. The van der Waals surface area contributed by atoms with Gasteiger partial charge < -0.3 is 16.4 Å². The van der Waals surface area contributed by atoms with Crippen LogP contribution in [0.4, 0.5) is 11.6 Å². The molecule has 4 N–H and O–H groups in total. The van der Waals surface area contributed by atoms with Gasteiger partial charge in [0, 0.05) is 19.1 Å². The number of nitriles is 1. The molecule has 0 saturated carbocycles. The number of anilines is 2. The molecule has 2 heterocycles. The summed E-state index contributed by atoms with van der Waals surface area (Å²) in [5.41, 5.74) is 12.5. The molecule has 2 unspecified atom stereocenters. The van der Waals surface area contributed by atoms with Crippen molar-refractivity contribution < 1.29 is 0 Å². The largest absolute Gasteiger partial charge is 0.383 e. The van der Waals surface area contributed by atoms with Crippen LogP contribution in [0.15, 0.2) is 0 Å². The number of hydrogen-bond acceptors (Lipinski definition) is 5. The summed E-state index contributed by atoms with van der Waals surface area (Å²) in [5.74, 6) is 1.15. The lowest BCUT2D eigenvalue weighted by molar-refractivity contribution is 0.473. The van der Waals surface area contributed by atoms with Gasteiger partial charge in [0.15, 0.2) is 5.82 Å². The SMILES string of the molecule is CCC(C)n1nc(N2CCCC(N)C2)c(C#N)c1N. The Hall–Kier alpha value is -1.74. The molecule has 6 nitrogen and oxygen atoms in total. The summed E-state index contributed by atoms with van der Waals surface area (Å²) >= 11 is 0. The molecular weight excluding hydrogens is 240 g/mol. The molecule has 1 aromatic rings. The fourth-order valence-corrected chi connectivity index (χ4v) is 2.47. The summed E-state index contributed by atoms with van der Waals surface area (Å²) in [6, 6.07) is 2.53. The summed E-state index contributed by atoms with van der Waals surface area (Å²) in [6.45, 7) is 5.76. The Balaban J connectivity index is 2.37. The Morgan fingerprint density at radius 3 is 2.89 bits per heavy atom. The quantitative estimate of drug-likeness (QED) is 0.854. The topological polar surface area (TPSA) is 96.9 Å². The summed E-state index contributed by atoms with van der Waals surface area (Å²) in [6.07, 6.45) is 2.98. The van der Waals surface area contributed by atoms with Crippen molar-refractivity contribution in [2.75, 3.05) is 23.7 Å². The highest BCUT2D eigenvalue weighted by atomic mass is 15.4. The molecule has 0 aromatic carbocycles. The van der Waals surface area contributed by atoms with Crippen molar-refractivity contribution in [3.05, 3.63) is 5.56 Å². The number of aromatic nitrogens is 2. The molecule has 1 aliphatic heterocycles. The van der Waals surface area contributed by atoms with E-state index < -0.39 is 0 Å². The van der Waals surface area contributed by atoms with Crippen LogP contribution < -0.4 is 16.4 Å². The zero-order valence-electron chi connectivity index (χ0n) is 11.6. The van der Waals surface area contributed by atoms with Crippen LogP contribution in [0.3, 0.4) is 0 Å². The van der Waals surface area contributed by atoms with Crippen molar-refractivity contribution >= 4 is 11.6 Å². The Labute approximate surface area is 114 Å². The molecule has 0 bridgehead atoms. The molecule has 6 heteroatoms. The van der Waals surface area contributed by atoms with Crippen molar-refractivity contribution in [3.63, 3.8) is 0 Å². The molecule has 0 amide bonds. The minimum absolute atomic E-state index is 0.148. The summed E-state index contributed by atoms with van der Waals surface area (Å²) in [7, 11) is 0. The highest BCUT2D eigenvalue weighted by molar-refractivity contribution is 5.65. The fourth-order valence-electron chi connectivity index (χ4n) is 2.47. The fraction of sp³-hybridized carbons (Fsp3) is 0.692. The number of piperidine rings is 1. The van der Waals surface area contributed by atoms with Crippen LogP contribution in [-0.2, 0) is 0 Å². The maximum atomic E-state index is 9.32. The van der Waals surface area contributed by atoms with Gasteiger partial charge in [-0.15, -0.1) is 0 Å². The number of nitrogens with zero attached hydrogens (tertiary/aromatic N) is 4. The maximum absolute atomic E-state index is 9.32. The molecule has 104 valence electrons. The van der Waals surface area contributed by atoms with Crippen LogP contribution in [0, 0.1) is 11.3 Å². The van der Waals surface area contributed by atoms with Gasteiger partial charge in [-0.25, -0.2) is 4.68 Å². The lowest BCUT2D eigenvalue weighted by Gasteiger charge is -2.30. The zero-order valence-corrected chi connectivity index (χ0v) is 11.6. The van der Waals surface area contributed by atoms with Crippen LogP contribution >= 0.6 is 0 Å². The first-order chi connectivity index (χ1) is 9.08. The average Bonchev–Trinajstić information content (AvgIpc) is 2.75. The first kappa shape index (κ1) is 13.7. The van der Waals surface area contributed by atoms with E-state index in [1.54, 1.807) is 4.68 Å². The first-order valence-electron chi connectivity index (χ1n) is 6.87. The van der Waals surface area contributed by atoms with Crippen LogP contribution in [-0.4, -0.2) is 28.9 Å². The van der Waals surface area contributed by atoms with Gasteiger partial charge in [-0.05, 0) is 26.2 Å². The normalized spacial score (nSPS) is 21.2. The second-order valence-electron chi connectivity index (χ2n) is 5.25. The van der Waals surface area contributed by atoms with E-state index in [0.29, 0.717) is 17.2 Å². The van der Waals surface area contributed by atoms with E-state index in [1.807, 2.05) is 0 Å². The van der Waals surface area contributed by atoms with Gasteiger partial charge in [-0.2, -0.15) is 10.4 Å². The van der Waals surface area contributed by atoms with E-state index in [-0.39, 0.29) is 12.1 Å². The number of nitrogen functional groups attached to an aromatic ring is 1. The second kappa shape index (κ2) is 5.49. The van der Waals surface area contributed by atoms with Gasteiger partial charge in [-0.3, -0.25) is 0 Å². The Morgan fingerprint density at radius 2 is 2.32 bits per heavy atom. The van der Waals surface area contributed by atoms with E-state index >= 15 is 0 Å². The number of hydrogen-bond donors (Lipinski definition) is 2. The predicted molar refractivity (Wildman–Crippen MR) is 75.8 cm³/mol. The van der Waals surface area contributed by atoms with Gasteiger partial charge >= 0.3 is 0 Å². The van der Waals surface area contributed by atoms with Crippen molar-refractivity contribution in [3.8, 4) is 6.07 Å². The monoisotopic (exact) mass is 262 g/mol. The van der Waals surface area contributed by atoms with Crippen LogP contribution in [0.5, 0.6) is 0 Å².